The van der Waals surface area contributed by atoms with Gasteiger partial charge in [-0.15, -0.1) is 0 Å². The third-order valence-electron chi connectivity index (χ3n) is 6.73. The lowest BCUT2D eigenvalue weighted by Crippen LogP contribution is -2.46. The number of urea groups is 1. The van der Waals surface area contributed by atoms with Gasteiger partial charge in [0.1, 0.15) is 5.75 Å². The number of carboxylic acids is 1. The quantitative estimate of drug-likeness (QED) is 0.489. The molecule has 8 nitrogen and oxygen atoms in total. The molecule has 1 aromatic rings. The van der Waals surface area contributed by atoms with Crippen LogP contribution < -0.4 is 15.4 Å². The molecule has 33 heavy (non-hydrogen) atoms. The Hall–Kier alpha value is -2.77. The number of hydrogen-bond donors (Lipinski definition) is 3. The van der Waals surface area contributed by atoms with Gasteiger partial charge in [0.2, 0.25) is 0 Å². The van der Waals surface area contributed by atoms with Gasteiger partial charge in [0.05, 0.1) is 12.0 Å². The summed E-state index contributed by atoms with van der Waals surface area (Å²) in [6.45, 7) is 4.56. The number of carbonyl (C=O) groups excluding carboxylic acids is 2. The molecule has 2 fully saturated rings. The second-order valence-corrected chi connectivity index (χ2v) is 9.16. The number of nitrogens with zero attached hydrogens (tertiary/aromatic N) is 1. The molecule has 1 saturated carbocycles. The smallest absolute Gasteiger partial charge is 0.317 e. The summed E-state index contributed by atoms with van der Waals surface area (Å²) in [5.74, 6) is 0.231. The molecule has 3 N–H and O–H groups in total. The van der Waals surface area contributed by atoms with E-state index in [0.29, 0.717) is 37.2 Å². The van der Waals surface area contributed by atoms with Crippen molar-refractivity contribution < 1.29 is 24.2 Å². The average molecular weight is 460 g/mol. The fourth-order valence-corrected chi connectivity index (χ4v) is 4.70. The van der Waals surface area contributed by atoms with Gasteiger partial charge >= 0.3 is 12.0 Å². The molecule has 0 spiro atoms. The molecule has 1 saturated heterocycles. The predicted octanol–water partition coefficient (Wildman–Crippen LogP) is 3.66. The van der Waals surface area contributed by atoms with Gasteiger partial charge < -0.3 is 25.4 Å². The molecule has 1 aromatic carbocycles. The Morgan fingerprint density at radius 2 is 1.61 bits per heavy atom. The van der Waals surface area contributed by atoms with Crippen LogP contribution in [-0.2, 0) is 4.79 Å². The summed E-state index contributed by atoms with van der Waals surface area (Å²) in [5, 5.41) is 14.8. The molecular formula is C25H37N3O5. The van der Waals surface area contributed by atoms with Crippen molar-refractivity contribution in [1.29, 1.82) is 0 Å². The molecule has 8 heteroatoms. The number of ether oxygens (including phenoxy) is 1. The lowest BCUT2D eigenvalue weighted by Gasteiger charge is -2.31. The highest BCUT2D eigenvalue weighted by Crippen LogP contribution is 2.28. The highest BCUT2D eigenvalue weighted by molar-refractivity contribution is 5.94. The van der Waals surface area contributed by atoms with E-state index < -0.39 is 5.97 Å². The molecule has 182 valence electrons. The SMILES string of the molecule is CCCC1CCN(C(=O)NCCNC(=O)c2ccc(O[C@H]3CC[C@@H](C(=O)O)CC3)cc2)CC1. The van der Waals surface area contributed by atoms with Gasteiger partial charge in [-0.2, -0.15) is 0 Å². The van der Waals surface area contributed by atoms with Gasteiger partial charge in [-0.1, -0.05) is 19.8 Å². The Morgan fingerprint density at radius 3 is 2.21 bits per heavy atom. The summed E-state index contributed by atoms with van der Waals surface area (Å²) in [6.07, 6.45) is 7.31. The van der Waals surface area contributed by atoms with Gasteiger partial charge in [-0.3, -0.25) is 9.59 Å². The van der Waals surface area contributed by atoms with Gasteiger partial charge in [-0.05, 0) is 68.7 Å². The number of hydrogen-bond acceptors (Lipinski definition) is 4. The molecule has 1 heterocycles. The lowest BCUT2D eigenvalue weighted by molar-refractivity contribution is -0.143. The second kappa shape index (κ2) is 12.5. The second-order valence-electron chi connectivity index (χ2n) is 9.16. The summed E-state index contributed by atoms with van der Waals surface area (Å²) < 4.78 is 5.94. The molecule has 0 aromatic heterocycles. The number of amides is 3. The zero-order valence-corrected chi connectivity index (χ0v) is 19.6. The maximum atomic E-state index is 12.4. The van der Waals surface area contributed by atoms with Crippen LogP contribution >= 0.6 is 0 Å². The van der Waals surface area contributed by atoms with Crippen molar-refractivity contribution in [2.45, 2.75) is 64.4 Å². The van der Waals surface area contributed by atoms with Crippen LogP contribution in [-0.4, -0.2) is 60.2 Å². The third-order valence-corrected chi connectivity index (χ3v) is 6.73. The zero-order valence-electron chi connectivity index (χ0n) is 19.6. The molecule has 3 amide bonds. The molecular weight excluding hydrogens is 422 g/mol. The summed E-state index contributed by atoms with van der Waals surface area (Å²) >= 11 is 0. The molecule has 0 unspecified atom stereocenters. The van der Waals surface area contributed by atoms with E-state index in [0.717, 1.165) is 44.7 Å². The summed E-state index contributed by atoms with van der Waals surface area (Å²) in [4.78, 5) is 37.6. The maximum Gasteiger partial charge on any atom is 0.317 e. The first-order valence-corrected chi connectivity index (χ1v) is 12.3. The van der Waals surface area contributed by atoms with Crippen LogP contribution in [0.25, 0.3) is 0 Å². The highest BCUT2D eigenvalue weighted by Gasteiger charge is 2.27. The predicted molar refractivity (Wildman–Crippen MR) is 125 cm³/mol. The molecule has 0 atom stereocenters. The van der Waals surface area contributed by atoms with Crippen LogP contribution in [0.4, 0.5) is 4.79 Å². The first-order chi connectivity index (χ1) is 16.0. The largest absolute Gasteiger partial charge is 0.490 e. The highest BCUT2D eigenvalue weighted by atomic mass is 16.5. The zero-order chi connectivity index (χ0) is 23.6. The van der Waals surface area contributed by atoms with Crippen molar-refractivity contribution in [2.24, 2.45) is 11.8 Å². The van der Waals surface area contributed by atoms with Crippen LogP contribution in [0.2, 0.25) is 0 Å². The number of nitrogens with one attached hydrogen (secondary N) is 2. The fraction of sp³-hybridized carbons (Fsp3) is 0.640. The topological polar surface area (TPSA) is 108 Å². The molecule has 2 aliphatic rings. The normalized spacial score (nSPS) is 21.3. The van der Waals surface area contributed by atoms with Crippen molar-refractivity contribution in [2.75, 3.05) is 26.2 Å². The summed E-state index contributed by atoms with van der Waals surface area (Å²) in [7, 11) is 0. The monoisotopic (exact) mass is 459 g/mol. The maximum absolute atomic E-state index is 12.4. The van der Waals surface area contributed by atoms with E-state index >= 15 is 0 Å². The van der Waals surface area contributed by atoms with Crippen molar-refractivity contribution >= 4 is 17.9 Å². The van der Waals surface area contributed by atoms with Gasteiger partial charge in [0.25, 0.3) is 5.91 Å². The Balaban J connectivity index is 1.32. The van der Waals surface area contributed by atoms with E-state index in [1.807, 2.05) is 4.90 Å². The summed E-state index contributed by atoms with van der Waals surface area (Å²) in [5.41, 5.74) is 0.529. The number of likely N-dealkylation sites (tertiary alicyclic amines) is 1. The van der Waals surface area contributed by atoms with E-state index in [2.05, 4.69) is 17.6 Å². The number of carbonyl (C=O) groups is 3. The average Bonchev–Trinajstić information content (AvgIpc) is 2.83. The van der Waals surface area contributed by atoms with E-state index in [4.69, 9.17) is 9.84 Å². The van der Waals surface area contributed by atoms with E-state index in [1.54, 1.807) is 24.3 Å². The Bertz CT molecular complexity index is 782. The number of piperidine rings is 1. The van der Waals surface area contributed by atoms with Crippen LogP contribution in [0.3, 0.4) is 0 Å². The van der Waals surface area contributed by atoms with Crippen LogP contribution in [0, 0.1) is 11.8 Å². The van der Waals surface area contributed by atoms with Gasteiger partial charge in [0.15, 0.2) is 0 Å². The minimum Gasteiger partial charge on any atom is -0.490 e. The molecule has 3 rings (SSSR count). The Morgan fingerprint density at radius 1 is 0.970 bits per heavy atom. The van der Waals surface area contributed by atoms with E-state index in [9.17, 15) is 14.4 Å². The lowest BCUT2D eigenvalue weighted by atomic mass is 9.87. The van der Waals surface area contributed by atoms with Crippen LogP contribution in [0.1, 0.15) is 68.6 Å². The van der Waals surface area contributed by atoms with E-state index in [-0.39, 0.29) is 24.0 Å². The van der Waals surface area contributed by atoms with Crippen molar-refractivity contribution in [3.05, 3.63) is 29.8 Å². The number of carboxylic acid groups (broad SMARTS) is 1. The minimum absolute atomic E-state index is 0.0151. The number of benzene rings is 1. The molecule has 1 aliphatic heterocycles. The minimum atomic E-state index is -0.726. The number of rotatable bonds is 9. The molecule has 0 radical (unpaired) electrons. The molecule has 1 aliphatic carbocycles. The molecule has 0 bridgehead atoms. The third kappa shape index (κ3) is 7.65. The van der Waals surface area contributed by atoms with Crippen molar-refractivity contribution in [3.8, 4) is 5.75 Å². The van der Waals surface area contributed by atoms with Crippen molar-refractivity contribution in [3.63, 3.8) is 0 Å². The first-order valence-electron chi connectivity index (χ1n) is 12.3. The Labute approximate surface area is 196 Å². The first kappa shape index (κ1) is 24.9. The van der Waals surface area contributed by atoms with Crippen molar-refractivity contribution in [1.82, 2.24) is 15.5 Å². The summed E-state index contributed by atoms with van der Waals surface area (Å²) in [6, 6.07) is 6.90. The van der Waals surface area contributed by atoms with Gasteiger partial charge in [-0.25, -0.2) is 4.79 Å². The Kier molecular flexibility index (Phi) is 9.39. The number of aliphatic carboxylic acids is 1. The van der Waals surface area contributed by atoms with Crippen LogP contribution in [0.15, 0.2) is 24.3 Å². The standard InChI is InChI=1S/C25H37N3O5/c1-2-3-18-12-16-28(17-13-18)25(32)27-15-14-26-23(29)19-4-8-21(9-5-19)33-22-10-6-20(7-11-22)24(30)31/h4-5,8-9,18,20,22H,2-3,6-7,10-17H2,1H3,(H,26,29)(H,27,32)(H,30,31)/t20-,22+. The fourth-order valence-electron chi connectivity index (χ4n) is 4.70. The van der Waals surface area contributed by atoms with Gasteiger partial charge in [0, 0.05) is 31.7 Å². The van der Waals surface area contributed by atoms with Crippen LogP contribution in [0.5, 0.6) is 5.75 Å². The van der Waals surface area contributed by atoms with E-state index in [1.165, 1.54) is 12.8 Å².